The number of benzene rings is 1. The molecule has 17 heavy (non-hydrogen) atoms. The van der Waals surface area contributed by atoms with Crippen LogP contribution in [0.5, 0.6) is 0 Å². The molecule has 0 spiro atoms. The van der Waals surface area contributed by atoms with Crippen molar-refractivity contribution >= 4 is 12.8 Å². The minimum atomic E-state index is -2.81. The molecule has 1 aromatic rings. The van der Waals surface area contributed by atoms with Crippen molar-refractivity contribution in [1.82, 2.24) is 5.09 Å². The summed E-state index contributed by atoms with van der Waals surface area (Å²) in [5.41, 5.74) is 0. The van der Waals surface area contributed by atoms with Crippen molar-refractivity contribution in [2.45, 2.75) is 31.7 Å². The number of rotatable bonds is 1. The second-order valence-corrected chi connectivity index (χ2v) is 7.10. The molecule has 0 aromatic heterocycles. The van der Waals surface area contributed by atoms with E-state index in [1.807, 2.05) is 30.3 Å². The van der Waals surface area contributed by atoms with E-state index >= 15 is 0 Å². The van der Waals surface area contributed by atoms with Gasteiger partial charge in [0.25, 0.3) is 7.52 Å². The predicted molar refractivity (Wildman–Crippen MR) is 68.5 cm³/mol. The zero-order chi connectivity index (χ0) is 11.7. The fourth-order valence-corrected chi connectivity index (χ4v) is 4.92. The van der Waals surface area contributed by atoms with Crippen molar-refractivity contribution in [1.29, 1.82) is 0 Å². The maximum atomic E-state index is 12.8. The van der Waals surface area contributed by atoms with Gasteiger partial charge in [0.1, 0.15) is 0 Å². The highest BCUT2D eigenvalue weighted by Gasteiger charge is 2.39. The number of nitrogens with one attached hydrogen (secondary N) is 1. The van der Waals surface area contributed by atoms with Crippen LogP contribution in [0, 0.1) is 5.92 Å². The van der Waals surface area contributed by atoms with Gasteiger partial charge in [0.05, 0.1) is 11.9 Å². The first-order valence-electron chi connectivity index (χ1n) is 6.36. The summed E-state index contributed by atoms with van der Waals surface area (Å²) in [5, 5.41) is 4.08. The Morgan fingerprint density at radius 3 is 2.76 bits per heavy atom. The smallest absolute Gasteiger partial charge is 0.299 e. The van der Waals surface area contributed by atoms with Crippen molar-refractivity contribution in [3.63, 3.8) is 0 Å². The van der Waals surface area contributed by atoms with Crippen molar-refractivity contribution in [2.24, 2.45) is 5.92 Å². The van der Waals surface area contributed by atoms with E-state index in [0.29, 0.717) is 18.6 Å². The Bertz CT molecular complexity index is 434. The van der Waals surface area contributed by atoms with E-state index in [9.17, 15) is 4.57 Å². The minimum Gasteiger partial charge on any atom is -0.314 e. The maximum Gasteiger partial charge on any atom is 0.299 e. The average molecular weight is 251 g/mol. The summed E-state index contributed by atoms with van der Waals surface area (Å²) in [6.07, 6.45) is 4.85. The molecule has 92 valence electrons. The van der Waals surface area contributed by atoms with Crippen LogP contribution in [-0.4, -0.2) is 12.6 Å². The lowest BCUT2D eigenvalue weighted by Gasteiger charge is -2.39. The summed E-state index contributed by atoms with van der Waals surface area (Å²) in [4.78, 5) is 0. The molecule has 2 fully saturated rings. The van der Waals surface area contributed by atoms with Gasteiger partial charge >= 0.3 is 0 Å². The quantitative estimate of drug-likeness (QED) is 0.780. The molecule has 3 atom stereocenters. The van der Waals surface area contributed by atoms with Gasteiger partial charge < -0.3 is 4.52 Å². The van der Waals surface area contributed by atoms with E-state index in [-0.39, 0.29) is 0 Å². The molecule has 0 radical (unpaired) electrons. The maximum absolute atomic E-state index is 12.8. The lowest BCUT2D eigenvalue weighted by Crippen LogP contribution is -2.45. The van der Waals surface area contributed by atoms with Crippen LogP contribution in [0.3, 0.4) is 0 Å². The molecule has 3 rings (SSSR count). The molecule has 2 aliphatic rings. The van der Waals surface area contributed by atoms with Crippen LogP contribution in [0.15, 0.2) is 30.3 Å². The number of fused-ring (bicyclic) bond motifs is 1. The van der Waals surface area contributed by atoms with E-state index < -0.39 is 7.52 Å². The van der Waals surface area contributed by atoms with Crippen LogP contribution in [0.1, 0.15) is 25.7 Å². The molecule has 1 aliphatic carbocycles. The van der Waals surface area contributed by atoms with Crippen molar-refractivity contribution in [3.8, 4) is 0 Å². The fourth-order valence-electron chi connectivity index (χ4n) is 2.81. The Morgan fingerprint density at radius 1 is 1.18 bits per heavy atom. The second kappa shape index (κ2) is 4.56. The molecule has 1 aromatic carbocycles. The highest BCUT2D eigenvalue weighted by molar-refractivity contribution is 7.65. The normalized spacial score (nSPS) is 37.4. The summed E-state index contributed by atoms with van der Waals surface area (Å²) in [5.74, 6) is 0.550. The van der Waals surface area contributed by atoms with E-state index in [1.54, 1.807) is 0 Å². The highest BCUT2D eigenvalue weighted by atomic mass is 31.2. The van der Waals surface area contributed by atoms with Gasteiger partial charge in [-0.2, -0.15) is 0 Å². The van der Waals surface area contributed by atoms with Gasteiger partial charge in [-0.15, -0.1) is 0 Å². The Balaban J connectivity index is 1.83. The van der Waals surface area contributed by atoms with Crippen LogP contribution in [0.4, 0.5) is 0 Å². The molecule has 1 aliphatic heterocycles. The van der Waals surface area contributed by atoms with Crippen LogP contribution >= 0.6 is 7.52 Å². The molecular formula is C13H18NO2P. The van der Waals surface area contributed by atoms with E-state index in [2.05, 4.69) is 5.09 Å². The Labute approximate surface area is 102 Å². The third kappa shape index (κ3) is 2.20. The first-order valence-corrected chi connectivity index (χ1v) is 7.98. The topological polar surface area (TPSA) is 38.3 Å². The molecule has 4 heteroatoms. The van der Waals surface area contributed by atoms with E-state index in [0.717, 1.165) is 11.7 Å². The largest absolute Gasteiger partial charge is 0.314 e. The van der Waals surface area contributed by atoms with Gasteiger partial charge in [-0.3, -0.25) is 4.57 Å². The van der Waals surface area contributed by atoms with E-state index in [1.165, 1.54) is 19.3 Å². The molecule has 3 nitrogen and oxygen atoms in total. The molecule has 1 saturated heterocycles. The first-order chi connectivity index (χ1) is 8.28. The Morgan fingerprint density at radius 2 is 1.94 bits per heavy atom. The average Bonchev–Trinajstić information content (AvgIpc) is 2.40. The van der Waals surface area contributed by atoms with Crippen LogP contribution in [0.2, 0.25) is 0 Å². The third-order valence-electron chi connectivity index (χ3n) is 3.81. The Kier molecular flexibility index (Phi) is 3.08. The molecule has 0 amide bonds. The highest BCUT2D eigenvalue weighted by Crippen LogP contribution is 2.48. The molecule has 1 saturated carbocycles. The summed E-state index contributed by atoms with van der Waals surface area (Å²) in [7, 11) is -2.81. The molecule has 1 heterocycles. The monoisotopic (exact) mass is 251 g/mol. The van der Waals surface area contributed by atoms with Crippen LogP contribution in [-0.2, 0) is 9.09 Å². The third-order valence-corrected chi connectivity index (χ3v) is 5.97. The second-order valence-electron chi connectivity index (χ2n) is 4.96. The molecule has 0 bridgehead atoms. The minimum absolute atomic E-state index is 0.378. The first kappa shape index (κ1) is 11.5. The predicted octanol–water partition coefficient (Wildman–Crippen LogP) is 2.68. The van der Waals surface area contributed by atoms with E-state index in [4.69, 9.17) is 4.52 Å². The Hall–Kier alpha value is -0.630. The van der Waals surface area contributed by atoms with Gasteiger partial charge in [0, 0.05) is 6.04 Å². The standard InChI is InChI=1S/C13H18NO2P/c15-17(12-7-2-1-3-8-12)14-13-9-5-4-6-11(13)10-16-17/h1-3,7-8,11,13H,4-6,9-10H2,(H,14,15)/t11-,13+,17?/m0/s1. The van der Waals surface area contributed by atoms with Crippen molar-refractivity contribution in [2.75, 3.05) is 6.61 Å². The zero-order valence-electron chi connectivity index (χ0n) is 9.84. The zero-order valence-corrected chi connectivity index (χ0v) is 10.7. The van der Waals surface area contributed by atoms with Gasteiger partial charge in [-0.05, 0) is 30.9 Å². The van der Waals surface area contributed by atoms with Gasteiger partial charge in [-0.1, -0.05) is 31.0 Å². The van der Waals surface area contributed by atoms with Gasteiger partial charge in [0.15, 0.2) is 0 Å². The lowest BCUT2D eigenvalue weighted by molar-refractivity contribution is 0.148. The lowest BCUT2D eigenvalue weighted by atomic mass is 9.86. The van der Waals surface area contributed by atoms with Crippen molar-refractivity contribution in [3.05, 3.63) is 30.3 Å². The van der Waals surface area contributed by atoms with Gasteiger partial charge in [-0.25, -0.2) is 5.09 Å². The fraction of sp³-hybridized carbons (Fsp3) is 0.538. The number of hydrogen-bond acceptors (Lipinski definition) is 2. The van der Waals surface area contributed by atoms with Crippen LogP contribution < -0.4 is 10.4 Å². The summed E-state index contributed by atoms with van der Waals surface area (Å²) in [6.45, 7) is 0.643. The SMILES string of the molecule is O=P1(c2ccccc2)N[C@@H]2CCCC[C@H]2CO1. The molecule has 1 unspecified atom stereocenters. The summed E-state index contributed by atoms with van der Waals surface area (Å²) < 4.78 is 18.4. The number of hydrogen-bond donors (Lipinski definition) is 1. The molecular weight excluding hydrogens is 233 g/mol. The summed E-state index contributed by atoms with van der Waals surface area (Å²) in [6, 6.07) is 9.90. The van der Waals surface area contributed by atoms with Gasteiger partial charge in [0.2, 0.25) is 0 Å². The summed E-state index contributed by atoms with van der Waals surface area (Å²) >= 11 is 0. The van der Waals surface area contributed by atoms with Crippen LogP contribution in [0.25, 0.3) is 0 Å². The van der Waals surface area contributed by atoms with Crippen molar-refractivity contribution < 1.29 is 9.09 Å². The molecule has 1 N–H and O–H groups in total.